The van der Waals surface area contributed by atoms with Crippen LogP contribution in [0.15, 0.2) is 24.7 Å². The minimum atomic E-state index is -2.79. The van der Waals surface area contributed by atoms with Gasteiger partial charge in [-0.05, 0) is 25.3 Å². The van der Waals surface area contributed by atoms with Gasteiger partial charge in [0.25, 0.3) is 12.3 Å². The Morgan fingerprint density at radius 2 is 2.06 bits per heavy atom. The average molecular weight is 457 g/mol. The van der Waals surface area contributed by atoms with Crippen molar-refractivity contribution in [1.82, 2.24) is 24.4 Å². The largest absolute Gasteiger partial charge is 0.374 e. The Kier molecular flexibility index (Phi) is 5.01. The summed E-state index contributed by atoms with van der Waals surface area (Å²) in [5, 5.41) is 11.0. The zero-order chi connectivity index (χ0) is 22.5. The van der Waals surface area contributed by atoms with Crippen LogP contribution in [-0.2, 0) is 4.74 Å². The Balaban J connectivity index is 1.28. The quantitative estimate of drug-likeness (QED) is 0.630. The number of morpholine rings is 1. The number of fused-ring (bicyclic) bond motifs is 3. The van der Waals surface area contributed by atoms with Gasteiger partial charge in [0.2, 0.25) is 0 Å². The van der Waals surface area contributed by atoms with Crippen molar-refractivity contribution in [2.45, 2.75) is 63.1 Å². The second kappa shape index (κ2) is 8.05. The Bertz CT molecular complexity index is 1190. The molecule has 3 fully saturated rings. The van der Waals surface area contributed by atoms with Crippen LogP contribution < -0.4 is 10.2 Å². The van der Waals surface area contributed by atoms with Crippen molar-refractivity contribution in [1.29, 1.82) is 0 Å². The van der Waals surface area contributed by atoms with Crippen molar-refractivity contribution in [3.8, 4) is 0 Å². The number of nitrogens with zero attached hydrogens (tertiary/aromatic N) is 6. The van der Waals surface area contributed by atoms with E-state index >= 15 is 0 Å². The lowest BCUT2D eigenvalue weighted by Gasteiger charge is -2.27. The SMILES string of the molecule is O=C(Nc1cn(C2CCCCC2)nc1C(F)F)c1cnn2ccc(N3CC4C[C@@H]3CO4)nc12. The molecule has 0 aromatic carbocycles. The van der Waals surface area contributed by atoms with Crippen LogP contribution in [0.25, 0.3) is 5.65 Å². The minimum Gasteiger partial charge on any atom is -0.374 e. The van der Waals surface area contributed by atoms with Gasteiger partial charge in [-0.25, -0.2) is 18.3 Å². The first-order valence-electron chi connectivity index (χ1n) is 11.5. The third-order valence-corrected chi connectivity index (χ3v) is 6.96. The molecule has 6 rings (SSSR count). The molecule has 0 radical (unpaired) electrons. The van der Waals surface area contributed by atoms with Gasteiger partial charge < -0.3 is 15.0 Å². The highest BCUT2D eigenvalue weighted by molar-refractivity contribution is 6.08. The zero-order valence-electron chi connectivity index (χ0n) is 18.0. The van der Waals surface area contributed by atoms with Gasteiger partial charge in [0.05, 0.1) is 36.7 Å². The summed E-state index contributed by atoms with van der Waals surface area (Å²) in [7, 11) is 0. The maximum absolute atomic E-state index is 13.7. The normalized spacial score (nSPS) is 23.2. The molecule has 174 valence electrons. The van der Waals surface area contributed by atoms with Crippen molar-refractivity contribution >= 4 is 23.1 Å². The molecule has 2 atom stereocenters. The van der Waals surface area contributed by atoms with E-state index in [1.165, 1.54) is 16.9 Å². The Hall–Kier alpha value is -3.08. The zero-order valence-corrected chi connectivity index (χ0v) is 18.0. The van der Waals surface area contributed by atoms with Crippen LogP contribution in [0.5, 0.6) is 0 Å². The third-order valence-electron chi connectivity index (χ3n) is 6.96. The molecule has 1 N–H and O–H groups in total. The van der Waals surface area contributed by atoms with Crippen molar-refractivity contribution < 1.29 is 18.3 Å². The predicted octanol–water partition coefficient (Wildman–Crippen LogP) is 3.60. The highest BCUT2D eigenvalue weighted by atomic mass is 19.3. The number of hydrogen-bond donors (Lipinski definition) is 1. The Labute approximate surface area is 188 Å². The molecule has 3 aliphatic rings. The van der Waals surface area contributed by atoms with Crippen molar-refractivity contribution in [3.63, 3.8) is 0 Å². The fourth-order valence-electron chi connectivity index (χ4n) is 5.25. The lowest BCUT2D eigenvalue weighted by atomic mass is 9.96. The maximum atomic E-state index is 13.7. The first-order valence-corrected chi connectivity index (χ1v) is 11.5. The van der Waals surface area contributed by atoms with Gasteiger partial charge >= 0.3 is 0 Å². The van der Waals surface area contributed by atoms with E-state index in [0.29, 0.717) is 12.3 Å². The van der Waals surface area contributed by atoms with Gasteiger partial charge in [0, 0.05) is 18.9 Å². The fraction of sp³-hybridized carbons (Fsp3) is 0.545. The van der Waals surface area contributed by atoms with Crippen LogP contribution in [0.1, 0.15) is 67.0 Å². The molecule has 2 aliphatic heterocycles. The van der Waals surface area contributed by atoms with Gasteiger partial charge in [-0.3, -0.25) is 9.48 Å². The molecule has 33 heavy (non-hydrogen) atoms. The second-order valence-corrected chi connectivity index (χ2v) is 9.06. The summed E-state index contributed by atoms with van der Waals surface area (Å²) in [6.07, 6.45) is 8.17. The van der Waals surface area contributed by atoms with Crippen LogP contribution in [0.4, 0.5) is 20.3 Å². The summed E-state index contributed by atoms with van der Waals surface area (Å²) in [6.45, 7) is 1.44. The highest BCUT2D eigenvalue weighted by Crippen LogP contribution is 2.34. The second-order valence-electron chi connectivity index (χ2n) is 9.06. The fourth-order valence-corrected chi connectivity index (χ4v) is 5.25. The number of amides is 1. The molecule has 2 bridgehead atoms. The standard InChI is InChI=1S/C22H25F2N7O2/c23-20(24)19-17(11-31(28-19)13-4-2-1-3-5-13)26-22(32)16-9-25-30-7-6-18(27-21(16)30)29-10-15-8-14(29)12-33-15/h6-7,9,11,13-15,20H,1-5,8,10,12H2,(H,26,32)/t14-,15?/m1/s1. The van der Waals surface area contributed by atoms with E-state index < -0.39 is 18.0 Å². The van der Waals surface area contributed by atoms with E-state index in [4.69, 9.17) is 4.74 Å². The van der Waals surface area contributed by atoms with E-state index in [1.807, 2.05) is 6.07 Å². The van der Waals surface area contributed by atoms with E-state index in [9.17, 15) is 13.6 Å². The highest BCUT2D eigenvalue weighted by Gasteiger charge is 2.39. The van der Waals surface area contributed by atoms with E-state index in [-0.39, 0.29) is 29.4 Å². The van der Waals surface area contributed by atoms with E-state index in [0.717, 1.165) is 50.9 Å². The smallest absolute Gasteiger partial charge is 0.284 e. The van der Waals surface area contributed by atoms with Gasteiger partial charge in [0.1, 0.15) is 11.4 Å². The third kappa shape index (κ3) is 3.64. The van der Waals surface area contributed by atoms with E-state index in [2.05, 4.69) is 25.4 Å². The van der Waals surface area contributed by atoms with Crippen molar-refractivity contribution in [2.24, 2.45) is 0 Å². The lowest BCUT2D eigenvalue weighted by Crippen LogP contribution is -2.37. The molecule has 5 heterocycles. The summed E-state index contributed by atoms with van der Waals surface area (Å²) in [5.41, 5.74) is 0.229. The molecule has 3 aromatic rings. The monoisotopic (exact) mass is 457 g/mol. The van der Waals surface area contributed by atoms with Gasteiger partial charge in [0.15, 0.2) is 11.3 Å². The molecule has 11 heteroatoms. The molecule has 2 saturated heterocycles. The Morgan fingerprint density at radius 1 is 1.21 bits per heavy atom. The number of nitrogens with one attached hydrogen (secondary N) is 1. The number of carbonyl (C=O) groups excluding carboxylic acids is 1. The summed E-state index contributed by atoms with van der Waals surface area (Å²) >= 11 is 0. The average Bonchev–Trinajstić information content (AvgIpc) is 3.61. The number of rotatable bonds is 5. The first-order chi connectivity index (χ1) is 16.1. The van der Waals surface area contributed by atoms with Crippen LogP contribution in [0.3, 0.4) is 0 Å². The maximum Gasteiger partial charge on any atom is 0.284 e. The molecule has 1 saturated carbocycles. The summed E-state index contributed by atoms with van der Waals surface area (Å²) in [4.78, 5) is 20.0. The van der Waals surface area contributed by atoms with Gasteiger partial charge in [-0.1, -0.05) is 19.3 Å². The van der Waals surface area contributed by atoms with Crippen LogP contribution >= 0.6 is 0 Å². The molecule has 3 aromatic heterocycles. The Morgan fingerprint density at radius 3 is 2.79 bits per heavy atom. The number of hydrogen-bond acceptors (Lipinski definition) is 6. The van der Waals surface area contributed by atoms with Gasteiger partial charge in [-0.15, -0.1) is 0 Å². The van der Waals surface area contributed by atoms with E-state index in [1.54, 1.807) is 10.9 Å². The number of carbonyl (C=O) groups is 1. The first kappa shape index (κ1) is 20.5. The molecule has 0 spiro atoms. The molecular formula is C22H25F2N7O2. The van der Waals surface area contributed by atoms with Crippen molar-refractivity contribution in [2.75, 3.05) is 23.4 Å². The van der Waals surface area contributed by atoms with Crippen LogP contribution in [0, 0.1) is 0 Å². The number of alkyl halides is 2. The number of aromatic nitrogens is 5. The molecule has 1 unspecified atom stereocenters. The minimum absolute atomic E-state index is 0.0325. The summed E-state index contributed by atoms with van der Waals surface area (Å²) in [6, 6.07) is 2.23. The number of anilines is 2. The molecule has 1 amide bonds. The van der Waals surface area contributed by atoms with Crippen LogP contribution in [0.2, 0.25) is 0 Å². The lowest BCUT2D eigenvalue weighted by molar-refractivity contribution is 0.0988. The van der Waals surface area contributed by atoms with Gasteiger partial charge in [-0.2, -0.15) is 10.2 Å². The summed E-state index contributed by atoms with van der Waals surface area (Å²) < 4.78 is 36.1. The summed E-state index contributed by atoms with van der Waals surface area (Å²) in [5.74, 6) is 0.220. The molecule has 1 aliphatic carbocycles. The topological polar surface area (TPSA) is 89.6 Å². The predicted molar refractivity (Wildman–Crippen MR) is 116 cm³/mol. The molecular weight excluding hydrogens is 432 g/mol. The number of halogens is 2. The van der Waals surface area contributed by atoms with Crippen molar-refractivity contribution in [3.05, 3.63) is 35.9 Å². The number of ether oxygens (including phenoxy) is 1. The van der Waals surface area contributed by atoms with Crippen LogP contribution in [-0.4, -0.2) is 55.6 Å². The molecule has 9 nitrogen and oxygen atoms in total.